The second-order valence-electron chi connectivity index (χ2n) is 6.27. The first-order chi connectivity index (χ1) is 6.36. The number of rotatable bonds is 5. The molecule has 0 heterocycles. The highest BCUT2D eigenvalue weighted by Gasteiger charge is 2.42. The maximum Gasteiger partial charge on any atom is 0.373 e. The summed E-state index contributed by atoms with van der Waals surface area (Å²) >= 11 is 6.76. The van der Waals surface area contributed by atoms with E-state index in [1.807, 2.05) is 0 Å². The minimum atomic E-state index is -2.17. The van der Waals surface area contributed by atoms with E-state index in [0.29, 0.717) is 0 Å². The van der Waals surface area contributed by atoms with Crippen LogP contribution in [0.3, 0.4) is 0 Å². The third-order valence-corrected chi connectivity index (χ3v) is 14.3. The van der Waals surface area contributed by atoms with E-state index in [-0.39, 0.29) is 0 Å². The standard InChI is InChI=1S/C8H26ClN3Si3/c1-12(2)15(9,10-13(3,4)5)11-14(6,7)8/h10-11H,1-8H3. The number of nitrogens with one attached hydrogen (secondary N) is 2. The molecule has 7 heteroatoms. The Bertz CT molecular complexity index is 194. The van der Waals surface area contributed by atoms with Crippen LogP contribution in [-0.4, -0.2) is 43.0 Å². The Balaban J connectivity index is 4.76. The lowest BCUT2D eigenvalue weighted by molar-refractivity contribution is 0.612. The van der Waals surface area contributed by atoms with Crippen molar-refractivity contribution in [1.82, 2.24) is 13.9 Å². The average molecular weight is 284 g/mol. The van der Waals surface area contributed by atoms with Gasteiger partial charge in [-0.1, -0.05) is 39.3 Å². The third kappa shape index (κ3) is 6.88. The van der Waals surface area contributed by atoms with Gasteiger partial charge < -0.3 is 9.30 Å². The first-order valence-electron chi connectivity index (χ1n) is 5.31. The lowest BCUT2D eigenvalue weighted by atomic mass is 11.3. The van der Waals surface area contributed by atoms with Crippen molar-refractivity contribution in [2.75, 3.05) is 14.1 Å². The molecule has 0 unspecified atom stereocenters. The maximum atomic E-state index is 6.76. The lowest BCUT2D eigenvalue weighted by Gasteiger charge is -2.41. The molecule has 0 rings (SSSR count). The summed E-state index contributed by atoms with van der Waals surface area (Å²) in [5.41, 5.74) is 0. The number of halogens is 1. The van der Waals surface area contributed by atoms with E-state index in [1.165, 1.54) is 0 Å². The highest BCUT2D eigenvalue weighted by Crippen LogP contribution is 2.12. The molecule has 15 heavy (non-hydrogen) atoms. The van der Waals surface area contributed by atoms with Crippen molar-refractivity contribution in [1.29, 1.82) is 0 Å². The maximum absolute atomic E-state index is 6.76. The smallest absolute Gasteiger partial charge is 0.323 e. The van der Waals surface area contributed by atoms with Gasteiger partial charge in [-0.25, -0.2) is 0 Å². The van der Waals surface area contributed by atoms with E-state index in [9.17, 15) is 0 Å². The molecule has 0 saturated carbocycles. The van der Waals surface area contributed by atoms with Crippen LogP contribution < -0.4 is 9.30 Å². The zero-order valence-corrected chi connectivity index (χ0v) is 15.1. The Morgan fingerprint density at radius 1 is 0.800 bits per heavy atom. The molecule has 0 aromatic carbocycles. The zero-order chi connectivity index (χ0) is 12.5. The molecule has 0 amide bonds. The number of nitrogens with zero attached hydrogens (tertiary/aromatic N) is 1. The molecule has 0 aliphatic heterocycles. The van der Waals surface area contributed by atoms with Gasteiger partial charge in [-0.3, -0.25) is 4.57 Å². The topological polar surface area (TPSA) is 27.3 Å². The van der Waals surface area contributed by atoms with Crippen LogP contribution in [0.4, 0.5) is 0 Å². The summed E-state index contributed by atoms with van der Waals surface area (Å²) in [7, 11) is -0.773. The van der Waals surface area contributed by atoms with Gasteiger partial charge >= 0.3 is 7.87 Å². The normalized spacial score (nSPS) is 14.8. The van der Waals surface area contributed by atoms with Crippen LogP contribution >= 0.6 is 11.1 Å². The van der Waals surface area contributed by atoms with E-state index < -0.39 is 24.3 Å². The predicted octanol–water partition coefficient (Wildman–Crippen LogP) is 2.07. The minimum absolute atomic E-state index is 1.36. The van der Waals surface area contributed by atoms with Gasteiger partial charge in [0.1, 0.15) is 16.5 Å². The monoisotopic (exact) mass is 283 g/mol. The van der Waals surface area contributed by atoms with Crippen LogP contribution in [0.5, 0.6) is 0 Å². The summed E-state index contributed by atoms with van der Waals surface area (Å²) in [4.78, 5) is 0. The van der Waals surface area contributed by atoms with Gasteiger partial charge in [0.05, 0.1) is 0 Å². The molecule has 0 aromatic rings. The lowest BCUT2D eigenvalue weighted by Crippen LogP contribution is -2.77. The van der Waals surface area contributed by atoms with Crippen LogP contribution in [0.2, 0.25) is 39.3 Å². The fourth-order valence-electron chi connectivity index (χ4n) is 1.25. The van der Waals surface area contributed by atoms with Crippen LogP contribution in [0.1, 0.15) is 0 Å². The molecular weight excluding hydrogens is 258 g/mol. The van der Waals surface area contributed by atoms with Crippen LogP contribution in [0, 0.1) is 0 Å². The Kier molecular flexibility index (Phi) is 5.26. The van der Waals surface area contributed by atoms with E-state index in [4.69, 9.17) is 11.1 Å². The first kappa shape index (κ1) is 15.8. The molecule has 0 saturated heterocycles. The fraction of sp³-hybridized carbons (Fsp3) is 1.00. The van der Waals surface area contributed by atoms with Crippen molar-refractivity contribution in [2.24, 2.45) is 0 Å². The van der Waals surface area contributed by atoms with Crippen molar-refractivity contribution in [3.63, 3.8) is 0 Å². The molecule has 0 aliphatic carbocycles. The molecule has 3 nitrogen and oxygen atoms in total. The van der Waals surface area contributed by atoms with E-state index in [1.54, 1.807) is 0 Å². The van der Waals surface area contributed by atoms with Crippen LogP contribution in [0.25, 0.3) is 0 Å². The molecule has 92 valence electrons. The van der Waals surface area contributed by atoms with Crippen LogP contribution in [-0.2, 0) is 0 Å². The molecular formula is C8H26ClN3Si3. The summed E-state index contributed by atoms with van der Waals surface area (Å²) in [5.74, 6) is 0. The zero-order valence-electron chi connectivity index (χ0n) is 11.3. The van der Waals surface area contributed by atoms with Crippen molar-refractivity contribution < 1.29 is 0 Å². The predicted molar refractivity (Wildman–Crippen MR) is 78.3 cm³/mol. The Labute approximate surface area is 103 Å². The summed E-state index contributed by atoms with van der Waals surface area (Å²) < 4.78 is 9.51. The molecule has 2 N–H and O–H groups in total. The number of hydrogen-bond donors (Lipinski definition) is 2. The largest absolute Gasteiger partial charge is 0.373 e. The van der Waals surface area contributed by atoms with Crippen molar-refractivity contribution in [3.05, 3.63) is 0 Å². The summed E-state index contributed by atoms with van der Waals surface area (Å²) in [6.07, 6.45) is 0. The first-order valence-corrected chi connectivity index (χ1v) is 15.3. The van der Waals surface area contributed by atoms with Gasteiger partial charge in [-0.2, -0.15) is 0 Å². The summed E-state index contributed by atoms with van der Waals surface area (Å²) in [6.45, 7) is 13.7. The average Bonchev–Trinajstić information content (AvgIpc) is 1.75. The highest BCUT2D eigenvalue weighted by atomic mass is 35.6. The molecule has 0 bridgehead atoms. The van der Waals surface area contributed by atoms with E-state index in [2.05, 4.69) is 67.2 Å². The molecule has 0 spiro atoms. The molecule has 0 aromatic heterocycles. The molecule has 0 radical (unpaired) electrons. The minimum Gasteiger partial charge on any atom is -0.323 e. The Morgan fingerprint density at radius 2 is 1.07 bits per heavy atom. The summed E-state index contributed by atoms with van der Waals surface area (Å²) in [5, 5.41) is 0. The van der Waals surface area contributed by atoms with Gasteiger partial charge in [0.25, 0.3) is 0 Å². The van der Waals surface area contributed by atoms with Gasteiger partial charge in [-0.05, 0) is 14.1 Å². The Hall–Kier alpha value is 0.821. The van der Waals surface area contributed by atoms with Crippen molar-refractivity contribution in [3.8, 4) is 0 Å². The summed E-state index contributed by atoms with van der Waals surface area (Å²) in [6, 6.07) is 0. The second-order valence-corrected chi connectivity index (χ2v) is 21.0. The van der Waals surface area contributed by atoms with E-state index in [0.717, 1.165) is 0 Å². The van der Waals surface area contributed by atoms with Crippen molar-refractivity contribution in [2.45, 2.75) is 39.3 Å². The number of hydrogen-bond acceptors (Lipinski definition) is 3. The van der Waals surface area contributed by atoms with E-state index >= 15 is 0 Å². The van der Waals surface area contributed by atoms with Gasteiger partial charge in [0.2, 0.25) is 0 Å². The Morgan fingerprint density at radius 3 is 1.20 bits per heavy atom. The van der Waals surface area contributed by atoms with Gasteiger partial charge in [0, 0.05) is 0 Å². The molecule has 0 fully saturated rings. The molecule has 0 atom stereocenters. The SMILES string of the molecule is CN(C)[Si](Cl)(N[Si](C)(C)C)N[Si](C)(C)C. The highest BCUT2D eigenvalue weighted by molar-refractivity contribution is 7.22. The third-order valence-electron chi connectivity index (χ3n) is 1.70. The van der Waals surface area contributed by atoms with Gasteiger partial charge in [-0.15, -0.1) is 11.1 Å². The van der Waals surface area contributed by atoms with Gasteiger partial charge in [0.15, 0.2) is 0 Å². The molecule has 0 aliphatic rings. The fourth-order valence-corrected chi connectivity index (χ4v) is 16.9. The van der Waals surface area contributed by atoms with Crippen molar-refractivity contribution >= 4 is 35.4 Å². The second kappa shape index (κ2) is 4.99. The quantitative estimate of drug-likeness (QED) is 0.598. The van der Waals surface area contributed by atoms with Crippen LogP contribution in [0.15, 0.2) is 0 Å².